The van der Waals surface area contributed by atoms with Crippen LogP contribution in [0.3, 0.4) is 0 Å². The highest BCUT2D eigenvalue weighted by atomic mass is 16.4. The van der Waals surface area contributed by atoms with Crippen LogP contribution in [-0.4, -0.2) is 29.1 Å². The third kappa shape index (κ3) is 7.76. The summed E-state index contributed by atoms with van der Waals surface area (Å²) < 4.78 is 0. The lowest BCUT2D eigenvalue weighted by molar-refractivity contribution is -0.139. The van der Waals surface area contributed by atoms with Crippen LogP contribution in [0.4, 0.5) is 4.79 Å². The van der Waals surface area contributed by atoms with Crippen LogP contribution >= 0.6 is 0 Å². The van der Waals surface area contributed by atoms with Crippen molar-refractivity contribution >= 4 is 17.9 Å². The molecule has 3 N–H and O–H groups in total. The second kappa shape index (κ2) is 7.87. The Bertz CT molecular complexity index is 364. The van der Waals surface area contributed by atoms with Gasteiger partial charge in [0.1, 0.15) is 0 Å². The molecule has 0 saturated heterocycles. The minimum Gasteiger partial charge on any atom is -0.481 e. The molecular formula is C14H26N2O4. The normalized spacial score (nSPS) is 12.9. The third-order valence-electron chi connectivity index (χ3n) is 3.08. The molecule has 0 heterocycles. The van der Waals surface area contributed by atoms with Gasteiger partial charge in [0, 0.05) is 12.5 Å². The minimum atomic E-state index is -0.960. The number of imide groups is 1. The number of carbonyl (C=O) groups is 3. The number of aliphatic carboxylic acids is 1. The summed E-state index contributed by atoms with van der Waals surface area (Å²) in [6.45, 7) is 9.31. The average Bonchev–Trinajstić information content (AvgIpc) is 2.21. The van der Waals surface area contributed by atoms with Crippen molar-refractivity contribution in [3.63, 3.8) is 0 Å². The van der Waals surface area contributed by atoms with Crippen LogP contribution in [0.2, 0.25) is 0 Å². The van der Waals surface area contributed by atoms with E-state index in [-0.39, 0.29) is 24.8 Å². The van der Waals surface area contributed by atoms with Crippen molar-refractivity contribution in [1.82, 2.24) is 10.6 Å². The van der Waals surface area contributed by atoms with Crippen molar-refractivity contribution in [1.29, 1.82) is 0 Å². The van der Waals surface area contributed by atoms with E-state index < -0.39 is 23.3 Å². The molecule has 116 valence electrons. The van der Waals surface area contributed by atoms with E-state index in [2.05, 4.69) is 10.6 Å². The van der Waals surface area contributed by atoms with Crippen LogP contribution in [0, 0.1) is 11.3 Å². The summed E-state index contributed by atoms with van der Waals surface area (Å²) in [6, 6.07) is -0.517. The highest BCUT2D eigenvalue weighted by Crippen LogP contribution is 2.24. The van der Waals surface area contributed by atoms with Gasteiger partial charge in [-0.25, -0.2) is 4.79 Å². The van der Waals surface area contributed by atoms with Crippen molar-refractivity contribution in [2.45, 2.75) is 59.9 Å². The first kappa shape index (κ1) is 18.4. The number of hydrogen-bond donors (Lipinski definition) is 3. The van der Waals surface area contributed by atoms with Crippen molar-refractivity contribution < 1.29 is 19.5 Å². The number of amides is 3. The summed E-state index contributed by atoms with van der Waals surface area (Å²) in [5.74, 6) is -1.14. The molecule has 6 nitrogen and oxygen atoms in total. The van der Waals surface area contributed by atoms with Gasteiger partial charge < -0.3 is 10.4 Å². The van der Waals surface area contributed by atoms with Gasteiger partial charge in [-0.05, 0) is 17.8 Å². The molecule has 0 radical (unpaired) electrons. The Morgan fingerprint density at radius 3 is 2.10 bits per heavy atom. The van der Waals surface area contributed by atoms with Crippen molar-refractivity contribution in [3.8, 4) is 0 Å². The number of carbonyl (C=O) groups excluding carboxylic acids is 2. The van der Waals surface area contributed by atoms with Gasteiger partial charge in [0.05, 0.1) is 6.42 Å². The maximum atomic E-state index is 11.7. The van der Waals surface area contributed by atoms with E-state index in [9.17, 15) is 14.4 Å². The highest BCUT2D eigenvalue weighted by molar-refractivity contribution is 5.94. The zero-order chi connectivity index (χ0) is 15.9. The molecule has 0 aromatic heterocycles. The fraction of sp³-hybridized carbons (Fsp3) is 0.786. The van der Waals surface area contributed by atoms with Gasteiger partial charge in [0.15, 0.2) is 0 Å². The summed E-state index contributed by atoms with van der Waals surface area (Å²) in [5.41, 5.74) is -0.682. The minimum absolute atomic E-state index is 0.00874. The number of nitrogens with one attached hydrogen (secondary N) is 2. The molecular weight excluding hydrogens is 260 g/mol. The molecule has 0 aliphatic heterocycles. The third-order valence-corrected chi connectivity index (χ3v) is 3.08. The molecule has 0 bridgehead atoms. The summed E-state index contributed by atoms with van der Waals surface area (Å²) in [5, 5.41) is 13.7. The van der Waals surface area contributed by atoms with Crippen LogP contribution in [0.1, 0.15) is 53.9 Å². The largest absolute Gasteiger partial charge is 0.481 e. The average molecular weight is 286 g/mol. The van der Waals surface area contributed by atoms with E-state index in [1.807, 2.05) is 20.8 Å². The molecule has 0 aromatic rings. The van der Waals surface area contributed by atoms with Crippen LogP contribution in [0.15, 0.2) is 0 Å². The number of hydrogen-bond acceptors (Lipinski definition) is 3. The first-order valence-electron chi connectivity index (χ1n) is 6.89. The Kier molecular flexibility index (Phi) is 7.24. The molecule has 0 saturated carbocycles. The quantitative estimate of drug-likeness (QED) is 0.668. The lowest BCUT2D eigenvalue weighted by atomic mass is 9.85. The maximum Gasteiger partial charge on any atom is 0.321 e. The van der Waals surface area contributed by atoms with E-state index in [0.29, 0.717) is 0 Å². The molecule has 0 aliphatic carbocycles. The second-order valence-electron chi connectivity index (χ2n) is 6.19. The van der Waals surface area contributed by atoms with Gasteiger partial charge >= 0.3 is 12.0 Å². The van der Waals surface area contributed by atoms with Crippen LogP contribution in [0.25, 0.3) is 0 Å². The second-order valence-corrected chi connectivity index (χ2v) is 6.19. The van der Waals surface area contributed by atoms with Gasteiger partial charge in [-0.2, -0.15) is 0 Å². The molecule has 0 fully saturated rings. The van der Waals surface area contributed by atoms with Gasteiger partial charge in [-0.1, -0.05) is 34.6 Å². The molecule has 1 atom stereocenters. The first-order valence-corrected chi connectivity index (χ1v) is 6.89. The molecule has 1 unspecified atom stereocenters. The number of carboxylic acid groups (broad SMARTS) is 1. The summed E-state index contributed by atoms with van der Waals surface area (Å²) in [7, 11) is 0. The molecule has 0 rings (SSSR count). The van der Waals surface area contributed by atoms with Crippen molar-refractivity contribution in [3.05, 3.63) is 0 Å². The number of rotatable bonds is 7. The Morgan fingerprint density at radius 2 is 1.70 bits per heavy atom. The lowest BCUT2D eigenvalue weighted by Gasteiger charge is -2.23. The summed E-state index contributed by atoms with van der Waals surface area (Å²) in [6.07, 6.45) is 0.653. The van der Waals surface area contributed by atoms with Crippen LogP contribution in [0.5, 0.6) is 0 Å². The van der Waals surface area contributed by atoms with E-state index >= 15 is 0 Å². The fourth-order valence-electron chi connectivity index (χ4n) is 2.02. The Labute approximate surface area is 120 Å². The van der Waals surface area contributed by atoms with E-state index in [1.165, 1.54) is 0 Å². The lowest BCUT2D eigenvalue weighted by Crippen LogP contribution is -2.47. The van der Waals surface area contributed by atoms with Gasteiger partial charge in [-0.15, -0.1) is 0 Å². The fourth-order valence-corrected chi connectivity index (χ4v) is 2.02. The predicted molar refractivity (Wildman–Crippen MR) is 76.2 cm³/mol. The first-order chi connectivity index (χ1) is 9.07. The SMILES string of the molecule is CCC(NC(=O)NC(=O)CC(C)(C)CC(=O)O)C(C)C. The van der Waals surface area contributed by atoms with Gasteiger partial charge in [0.25, 0.3) is 0 Å². The number of carboxylic acids is 1. The molecule has 3 amide bonds. The monoisotopic (exact) mass is 286 g/mol. The van der Waals surface area contributed by atoms with Gasteiger partial charge in [0.2, 0.25) is 5.91 Å². The van der Waals surface area contributed by atoms with Crippen molar-refractivity contribution in [2.75, 3.05) is 0 Å². The van der Waals surface area contributed by atoms with E-state index in [1.54, 1.807) is 13.8 Å². The molecule has 0 aliphatic rings. The molecule has 20 heavy (non-hydrogen) atoms. The summed E-state index contributed by atoms with van der Waals surface area (Å²) in [4.78, 5) is 34.1. The van der Waals surface area contributed by atoms with Crippen LogP contribution in [-0.2, 0) is 9.59 Å². The zero-order valence-corrected chi connectivity index (χ0v) is 12.9. The standard InChI is InChI=1S/C14H26N2O4/c1-6-10(9(2)3)15-13(20)16-11(17)7-14(4,5)8-12(18)19/h9-10H,6-8H2,1-5H3,(H,18,19)(H2,15,16,17,20). The Balaban J connectivity index is 4.33. The topological polar surface area (TPSA) is 95.5 Å². The van der Waals surface area contributed by atoms with Crippen molar-refractivity contribution in [2.24, 2.45) is 11.3 Å². The molecule has 6 heteroatoms. The molecule has 0 aromatic carbocycles. The van der Waals surface area contributed by atoms with Crippen LogP contribution < -0.4 is 10.6 Å². The van der Waals surface area contributed by atoms with E-state index in [4.69, 9.17) is 5.11 Å². The maximum absolute atomic E-state index is 11.7. The predicted octanol–water partition coefficient (Wildman–Crippen LogP) is 2.14. The smallest absolute Gasteiger partial charge is 0.321 e. The van der Waals surface area contributed by atoms with E-state index in [0.717, 1.165) is 6.42 Å². The van der Waals surface area contributed by atoms with Gasteiger partial charge in [-0.3, -0.25) is 14.9 Å². The highest BCUT2D eigenvalue weighted by Gasteiger charge is 2.26. The Hall–Kier alpha value is -1.59. The number of urea groups is 1. The zero-order valence-electron chi connectivity index (χ0n) is 12.9. The molecule has 0 spiro atoms. The Morgan fingerprint density at radius 1 is 1.15 bits per heavy atom. The summed E-state index contributed by atoms with van der Waals surface area (Å²) >= 11 is 0.